The number of furan rings is 1. The van der Waals surface area contributed by atoms with Crippen molar-refractivity contribution >= 4 is 22.6 Å². The van der Waals surface area contributed by atoms with Gasteiger partial charge in [-0.05, 0) is 38.1 Å². The summed E-state index contributed by atoms with van der Waals surface area (Å²) in [7, 11) is 0. The van der Waals surface area contributed by atoms with Gasteiger partial charge in [-0.2, -0.15) is 0 Å². The zero-order valence-corrected chi connectivity index (χ0v) is 13.3. The molecule has 122 valence electrons. The summed E-state index contributed by atoms with van der Waals surface area (Å²) >= 11 is 0. The molecule has 1 aromatic heterocycles. The largest absolute Gasteiger partial charge is 0.459 e. The minimum atomic E-state index is -0.464. The van der Waals surface area contributed by atoms with Gasteiger partial charge < -0.3 is 9.73 Å². The molecule has 0 aliphatic rings. The maximum Gasteiger partial charge on any atom is 0.272 e. The van der Waals surface area contributed by atoms with Gasteiger partial charge in [0.15, 0.2) is 0 Å². The van der Waals surface area contributed by atoms with Crippen molar-refractivity contribution in [3.63, 3.8) is 0 Å². The topological polar surface area (TPSA) is 85.4 Å². The standard InChI is InChI=1S/C18H16N2O4/c1-11-9-14(7-8-15(11)20(22)23)18(21)19-12(2)17-10-13-5-3-4-6-16(13)24-17/h3-10,12H,1-2H3,(H,19,21)/t12-/m0/s1. The Labute approximate surface area is 138 Å². The number of para-hydroxylation sites is 1. The lowest BCUT2D eigenvalue weighted by atomic mass is 10.1. The zero-order chi connectivity index (χ0) is 17.3. The smallest absolute Gasteiger partial charge is 0.272 e. The zero-order valence-electron chi connectivity index (χ0n) is 13.3. The average Bonchev–Trinajstić information content (AvgIpc) is 2.98. The average molecular weight is 324 g/mol. The molecule has 0 fully saturated rings. The fourth-order valence-electron chi connectivity index (χ4n) is 2.57. The summed E-state index contributed by atoms with van der Waals surface area (Å²) in [5, 5.41) is 14.7. The van der Waals surface area contributed by atoms with Crippen molar-refractivity contribution in [3.05, 3.63) is 75.5 Å². The Kier molecular flexibility index (Phi) is 4.04. The minimum Gasteiger partial charge on any atom is -0.459 e. The number of nitro groups is 1. The Hall–Kier alpha value is -3.15. The lowest BCUT2D eigenvalue weighted by Crippen LogP contribution is -2.26. The molecule has 0 aliphatic carbocycles. The Morgan fingerprint density at radius 2 is 1.96 bits per heavy atom. The van der Waals surface area contributed by atoms with Crippen LogP contribution in [0.5, 0.6) is 0 Å². The number of hydrogen-bond acceptors (Lipinski definition) is 4. The molecule has 0 unspecified atom stereocenters. The molecule has 3 aromatic rings. The summed E-state index contributed by atoms with van der Waals surface area (Å²) in [6, 6.07) is 13.5. The van der Waals surface area contributed by atoms with Crippen molar-refractivity contribution in [1.82, 2.24) is 5.32 Å². The van der Waals surface area contributed by atoms with Crippen LogP contribution in [0.2, 0.25) is 0 Å². The van der Waals surface area contributed by atoms with E-state index in [0.717, 1.165) is 11.0 Å². The monoisotopic (exact) mass is 324 g/mol. The van der Waals surface area contributed by atoms with Gasteiger partial charge in [0.2, 0.25) is 0 Å². The predicted octanol–water partition coefficient (Wildman–Crippen LogP) is 4.14. The summed E-state index contributed by atoms with van der Waals surface area (Å²) in [6.07, 6.45) is 0. The molecule has 1 atom stereocenters. The molecule has 6 nitrogen and oxygen atoms in total. The molecule has 1 amide bonds. The first-order valence-electron chi connectivity index (χ1n) is 7.50. The van der Waals surface area contributed by atoms with Crippen LogP contribution in [0.4, 0.5) is 5.69 Å². The summed E-state index contributed by atoms with van der Waals surface area (Å²) in [5.74, 6) is 0.351. The Balaban J connectivity index is 1.78. The second-order valence-electron chi connectivity index (χ2n) is 5.64. The molecule has 0 saturated carbocycles. The SMILES string of the molecule is Cc1cc(C(=O)N[C@@H](C)c2cc3ccccc3o2)ccc1[N+](=O)[O-]. The molecule has 0 bridgehead atoms. The van der Waals surface area contributed by atoms with Crippen molar-refractivity contribution in [2.24, 2.45) is 0 Å². The van der Waals surface area contributed by atoms with E-state index in [4.69, 9.17) is 4.42 Å². The number of aryl methyl sites for hydroxylation is 1. The first-order valence-corrected chi connectivity index (χ1v) is 7.50. The van der Waals surface area contributed by atoms with Gasteiger partial charge in [-0.25, -0.2) is 0 Å². The third-order valence-corrected chi connectivity index (χ3v) is 3.87. The van der Waals surface area contributed by atoms with Gasteiger partial charge in [-0.1, -0.05) is 18.2 Å². The van der Waals surface area contributed by atoms with E-state index in [1.54, 1.807) is 6.92 Å². The number of nitro benzene ring substituents is 1. The van der Waals surface area contributed by atoms with Crippen LogP contribution in [0.1, 0.15) is 34.6 Å². The van der Waals surface area contributed by atoms with Gasteiger partial charge in [0.25, 0.3) is 11.6 Å². The number of hydrogen-bond donors (Lipinski definition) is 1. The van der Waals surface area contributed by atoms with Crippen molar-refractivity contribution < 1.29 is 14.1 Å². The van der Waals surface area contributed by atoms with Crippen molar-refractivity contribution in [3.8, 4) is 0 Å². The molecule has 6 heteroatoms. The molecule has 0 aliphatic heterocycles. The molecule has 0 spiro atoms. The summed E-state index contributed by atoms with van der Waals surface area (Å²) in [5.41, 5.74) is 1.58. The maximum atomic E-state index is 12.4. The van der Waals surface area contributed by atoms with E-state index in [0.29, 0.717) is 16.9 Å². The molecular weight excluding hydrogens is 308 g/mol. The van der Waals surface area contributed by atoms with Crippen LogP contribution in [-0.4, -0.2) is 10.8 Å². The Morgan fingerprint density at radius 3 is 2.62 bits per heavy atom. The number of nitrogens with one attached hydrogen (secondary N) is 1. The van der Waals surface area contributed by atoms with Crippen LogP contribution in [-0.2, 0) is 0 Å². The molecule has 2 aromatic carbocycles. The van der Waals surface area contributed by atoms with Gasteiger partial charge in [0.1, 0.15) is 11.3 Å². The van der Waals surface area contributed by atoms with E-state index in [2.05, 4.69) is 5.32 Å². The molecule has 3 rings (SSSR count). The van der Waals surface area contributed by atoms with Gasteiger partial charge in [0, 0.05) is 22.6 Å². The van der Waals surface area contributed by atoms with Crippen molar-refractivity contribution in [1.29, 1.82) is 0 Å². The van der Waals surface area contributed by atoms with E-state index in [9.17, 15) is 14.9 Å². The quantitative estimate of drug-likeness (QED) is 0.577. The molecule has 0 radical (unpaired) electrons. The number of rotatable bonds is 4. The molecule has 0 saturated heterocycles. The number of nitrogens with zero attached hydrogens (tertiary/aromatic N) is 1. The van der Waals surface area contributed by atoms with E-state index in [1.807, 2.05) is 37.3 Å². The Bertz CT molecular complexity index is 897. The number of carbonyl (C=O) groups excluding carboxylic acids is 1. The molecule has 1 heterocycles. The molecule has 24 heavy (non-hydrogen) atoms. The van der Waals surface area contributed by atoms with E-state index in [1.165, 1.54) is 18.2 Å². The van der Waals surface area contributed by atoms with E-state index < -0.39 is 4.92 Å². The first-order chi connectivity index (χ1) is 11.5. The highest BCUT2D eigenvalue weighted by atomic mass is 16.6. The third kappa shape index (κ3) is 2.99. The van der Waals surface area contributed by atoms with Gasteiger partial charge in [0.05, 0.1) is 11.0 Å². The lowest BCUT2D eigenvalue weighted by molar-refractivity contribution is -0.385. The summed E-state index contributed by atoms with van der Waals surface area (Å²) in [4.78, 5) is 22.7. The highest BCUT2D eigenvalue weighted by molar-refractivity contribution is 5.95. The van der Waals surface area contributed by atoms with Crippen LogP contribution < -0.4 is 5.32 Å². The summed E-state index contributed by atoms with van der Waals surface area (Å²) in [6.45, 7) is 3.44. The highest BCUT2D eigenvalue weighted by Gasteiger charge is 2.17. The van der Waals surface area contributed by atoms with Crippen LogP contribution in [0.25, 0.3) is 11.0 Å². The third-order valence-electron chi connectivity index (χ3n) is 3.87. The predicted molar refractivity (Wildman–Crippen MR) is 89.9 cm³/mol. The maximum absolute atomic E-state index is 12.4. The van der Waals surface area contributed by atoms with E-state index >= 15 is 0 Å². The number of fused-ring (bicyclic) bond motifs is 1. The van der Waals surface area contributed by atoms with Crippen LogP contribution in [0, 0.1) is 17.0 Å². The van der Waals surface area contributed by atoms with Crippen LogP contribution >= 0.6 is 0 Å². The molecule has 1 N–H and O–H groups in total. The van der Waals surface area contributed by atoms with Crippen LogP contribution in [0.15, 0.2) is 52.9 Å². The second kappa shape index (κ2) is 6.16. The van der Waals surface area contributed by atoms with Gasteiger partial charge in [-0.15, -0.1) is 0 Å². The fourth-order valence-corrected chi connectivity index (χ4v) is 2.57. The fraction of sp³-hybridized carbons (Fsp3) is 0.167. The number of benzene rings is 2. The minimum absolute atomic E-state index is 0.00289. The molecular formula is C18H16N2O4. The van der Waals surface area contributed by atoms with Gasteiger partial charge in [-0.3, -0.25) is 14.9 Å². The first kappa shape index (κ1) is 15.7. The normalized spacial score (nSPS) is 12.1. The Morgan fingerprint density at radius 1 is 1.21 bits per heavy atom. The number of amides is 1. The van der Waals surface area contributed by atoms with Crippen molar-refractivity contribution in [2.45, 2.75) is 19.9 Å². The highest BCUT2D eigenvalue weighted by Crippen LogP contribution is 2.24. The second-order valence-corrected chi connectivity index (χ2v) is 5.64. The van der Waals surface area contributed by atoms with Crippen LogP contribution in [0.3, 0.4) is 0 Å². The lowest BCUT2D eigenvalue weighted by Gasteiger charge is -2.11. The van der Waals surface area contributed by atoms with E-state index in [-0.39, 0.29) is 17.6 Å². The summed E-state index contributed by atoms with van der Waals surface area (Å²) < 4.78 is 5.74. The number of carbonyl (C=O) groups is 1. The van der Waals surface area contributed by atoms with Gasteiger partial charge >= 0.3 is 0 Å². The van der Waals surface area contributed by atoms with Crippen molar-refractivity contribution in [2.75, 3.05) is 0 Å².